The first kappa shape index (κ1) is 20.4. The number of carbonyl (C=O) groups excluding carboxylic acids is 2. The van der Waals surface area contributed by atoms with E-state index in [9.17, 15) is 9.59 Å². The van der Waals surface area contributed by atoms with Gasteiger partial charge in [0.05, 0.1) is 6.54 Å². The Hall–Kier alpha value is -2.38. The van der Waals surface area contributed by atoms with Crippen LogP contribution < -0.4 is 5.32 Å². The van der Waals surface area contributed by atoms with Crippen LogP contribution in [0.1, 0.15) is 29.0 Å². The highest BCUT2D eigenvalue weighted by atomic mass is 35.5. The monoisotopic (exact) mass is 404 g/mol. The second-order valence-electron chi connectivity index (χ2n) is 7.14. The summed E-state index contributed by atoms with van der Waals surface area (Å²) in [6.45, 7) is 4.91. The maximum absolute atomic E-state index is 13.3. The van der Waals surface area contributed by atoms with Crippen LogP contribution in [0.25, 0.3) is 11.3 Å². The van der Waals surface area contributed by atoms with E-state index in [1.54, 1.807) is 6.92 Å². The van der Waals surface area contributed by atoms with Gasteiger partial charge in [0, 0.05) is 37.8 Å². The summed E-state index contributed by atoms with van der Waals surface area (Å²) in [6.07, 6.45) is 1.82. The number of amides is 2. The third-order valence-corrected chi connectivity index (χ3v) is 5.37. The first-order valence-corrected chi connectivity index (χ1v) is 9.46. The van der Waals surface area contributed by atoms with Crippen molar-refractivity contribution in [1.29, 1.82) is 0 Å². The number of hydrogen-bond acceptors (Lipinski definition) is 5. The molecule has 7 nitrogen and oxygen atoms in total. The number of aromatic nitrogens is 1. The Morgan fingerprint density at radius 3 is 2.79 bits per heavy atom. The van der Waals surface area contributed by atoms with Gasteiger partial charge in [0.1, 0.15) is 17.0 Å². The number of rotatable bonds is 3. The molecule has 1 N–H and O–H groups in total. The fourth-order valence-electron chi connectivity index (χ4n) is 3.98. The highest BCUT2D eigenvalue weighted by Gasteiger charge is 2.34. The molecule has 1 unspecified atom stereocenters. The van der Waals surface area contributed by atoms with Crippen molar-refractivity contribution in [3.8, 4) is 11.3 Å². The van der Waals surface area contributed by atoms with Gasteiger partial charge in [-0.25, -0.2) is 0 Å². The summed E-state index contributed by atoms with van der Waals surface area (Å²) >= 11 is 0. The summed E-state index contributed by atoms with van der Waals surface area (Å²) in [7, 11) is 0. The van der Waals surface area contributed by atoms with E-state index < -0.39 is 0 Å². The summed E-state index contributed by atoms with van der Waals surface area (Å²) in [6, 6.07) is 9.69. The van der Waals surface area contributed by atoms with Gasteiger partial charge in [-0.05, 0) is 19.8 Å². The van der Waals surface area contributed by atoms with E-state index in [2.05, 4.69) is 10.5 Å². The molecule has 0 saturated carbocycles. The second kappa shape index (κ2) is 8.75. The molecule has 0 spiro atoms. The summed E-state index contributed by atoms with van der Waals surface area (Å²) in [5.74, 6) is 0.575. The third-order valence-electron chi connectivity index (χ3n) is 5.37. The Bertz CT molecular complexity index is 839. The van der Waals surface area contributed by atoms with Gasteiger partial charge in [-0.15, -0.1) is 12.4 Å². The molecule has 2 aromatic rings. The first-order valence-electron chi connectivity index (χ1n) is 9.46. The lowest BCUT2D eigenvalue weighted by Gasteiger charge is -2.41. The molecule has 2 aliphatic rings. The van der Waals surface area contributed by atoms with Crippen molar-refractivity contribution >= 4 is 24.2 Å². The van der Waals surface area contributed by atoms with Crippen LogP contribution in [0.15, 0.2) is 34.9 Å². The summed E-state index contributed by atoms with van der Waals surface area (Å²) in [4.78, 5) is 29.3. The van der Waals surface area contributed by atoms with Gasteiger partial charge in [-0.2, -0.15) is 0 Å². The quantitative estimate of drug-likeness (QED) is 0.847. The maximum Gasteiger partial charge on any atom is 0.259 e. The molecule has 0 bridgehead atoms. The number of halogens is 1. The van der Waals surface area contributed by atoms with Crippen molar-refractivity contribution in [2.24, 2.45) is 0 Å². The average molecular weight is 405 g/mol. The van der Waals surface area contributed by atoms with Gasteiger partial charge in [0.2, 0.25) is 5.91 Å². The molecule has 150 valence electrons. The lowest BCUT2D eigenvalue weighted by atomic mass is 10.0. The van der Waals surface area contributed by atoms with Crippen molar-refractivity contribution < 1.29 is 14.1 Å². The van der Waals surface area contributed by atoms with Crippen LogP contribution in [-0.2, 0) is 4.79 Å². The molecule has 0 radical (unpaired) electrons. The molecule has 2 saturated heterocycles. The van der Waals surface area contributed by atoms with E-state index in [0.717, 1.165) is 24.9 Å². The van der Waals surface area contributed by atoms with E-state index in [1.165, 1.54) is 0 Å². The highest BCUT2D eigenvalue weighted by Crippen LogP contribution is 2.28. The van der Waals surface area contributed by atoms with E-state index >= 15 is 0 Å². The second-order valence-corrected chi connectivity index (χ2v) is 7.14. The van der Waals surface area contributed by atoms with E-state index in [0.29, 0.717) is 43.2 Å². The van der Waals surface area contributed by atoms with Crippen LogP contribution in [0.2, 0.25) is 0 Å². The normalized spacial score (nSPS) is 20.0. The molecular formula is C20H25ClN4O3. The third kappa shape index (κ3) is 3.91. The molecule has 2 fully saturated rings. The number of aryl methyl sites for hydroxylation is 1. The standard InChI is InChI=1S/C20H24N4O3.ClH/c1-14-18(19(22-27-14)15-6-3-2-4-7-15)20(26)23-10-5-8-16(13-23)24-11-9-21-12-17(24)25;/h2-4,6-7,16,21H,5,8-13H2,1H3;1H. The molecule has 4 rings (SSSR count). The van der Waals surface area contributed by atoms with Crippen molar-refractivity contribution in [3.63, 3.8) is 0 Å². The number of carbonyl (C=O) groups is 2. The van der Waals surface area contributed by atoms with Gasteiger partial charge in [-0.1, -0.05) is 35.5 Å². The van der Waals surface area contributed by atoms with Gasteiger partial charge in [0.15, 0.2) is 0 Å². The Morgan fingerprint density at radius 1 is 1.25 bits per heavy atom. The fourth-order valence-corrected chi connectivity index (χ4v) is 3.98. The maximum atomic E-state index is 13.3. The number of piperazine rings is 1. The SMILES string of the molecule is Cc1onc(-c2ccccc2)c1C(=O)N1CCCC(N2CCNCC2=O)C1.Cl. The Morgan fingerprint density at radius 2 is 2.04 bits per heavy atom. The number of benzene rings is 1. The van der Waals surface area contributed by atoms with Crippen LogP contribution in [0.4, 0.5) is 0 Å². The molecule has 2 aliphatic heterocycles. The number of nitrogens with zero attached hydrogens (tertiary/aromatic N) is 3. The number of likely N-dealkylation sites (tertiary alicyclic amines) is 1. The lowest BCUT2D eigenvalue weighted by molar-refractivity contribution is -0.135. The van der Waals surface area contributed by atoms with Gasteiger partial charge < -0.3 is 19.6 Å². The summed E-state index contributed by atoms with van der Waals surface area (Å²) in [5.41, 5.74) is 1.97. The van der Waals surface area contributed by atoms with Crippen LogP contribution in [0, 0.1) is 6.92 Å². The number of hydrogen-bond donors (Lipinski definition) is 1. The van der Waals surface area contributed by atoms with Crippen LogP contribution in [0.5, 0.6) is 0 Å². The van der Waals surface area contributed by atoms with Gasteiger partial charge in [0.25, 0.3) is 5.91 Å². The molecule has 28 heavy (non-hydrogen) atoms. The molecule has 3 heterocycles. The topological polar surface area (TPSA) is 78.7 Å². The Balaban J connectivity index is 0.00000225. The minimum atomic E-state index is -0.0695. The first-order chi connectivity index (χ1) is 13.1. The minimum absolute atomic E-state index is 0. The fraction of sp³-hybridized carbons (Fsp3) is 0.450. The highest BCUT2D eigenvalue weighted by molar-refractivity contribution is 6.00. The molecule has 1 aromatic heterocycles. The zero-order valence-electron chi connectivity index (χ0n) is 15.9. The predicted molar refractivity (Wildman–Crippen MR) is 107 cm³/mol. The van der Waals surface area contributed by atoms with Crippen molar-refractivity contribution in [2.75, 3.05) is 32.7 Å². The molecule has 1 aromatic carbocycles. The van der Waals surface area contributed by atoms with Gasteiger partial charge >= 0.3 is 0 Å². The average Bonchev–Trinajstić information content (AvgIpc) is 3.10. The summed E-state index contributed by atoms with van der Waals surface area (Å²) < 4.78 is 5.35. The molecule has 8 heteroatoms. The predicted octanol–water partition coefficient (Wildman–Crippen LogP) is 2.11. The van der Waals surface area contributed by atoms with E-state index in [4.69, 9.17) is 4.52 Å². The molecule has 0 aliphatic carbocycles. The number of piperidine rings is 1. The Labute approximate surface area is 170 Å². The number of nitrogens with one attached hydrogen (secondary N) is 1. The molecule has 2 amide bonds. The lowest BCUT2D eigenvalue weighted by Crippen LogP contribution is -2.57. The van der Waals surface area contributed by atoms with Crippen LogP contribution in [-0.4, -0.2) is 65.5 Å². The van der Waals surface area contributed by atoms with Crippen molar-refractivity contribution in [2.45, 2.75) is 25.8 Å². The Kier molecular flexibility index (Phi) is 6.36. The molecule has 1 atom stereocenters. The van der Waals surface area contributed by atoms with E-state index in [-0.39, 0.29) is 30.3 Å². The van der Waals surface area contributed by atoms with E-state index in [1.807, 2.05) is 40.1 Å². The van der Waals surface area contributed by atoms with Gasteiger partial charge in [-0.3, -0.25) is 9.59 Å². The van der Waals surface area contributed by atoms with Crippen LogP contribution >= 0.6 is 12.4 Å². The zero-order chi connectivity index (χ0) is 18.8. The van der Waals surface area contributed by atoms with Crippen molar-refractivity contribution in [3.05, 3.63) is 41.7 Å². The molecular weight excluding hydrogens is 380 g/mol. The van der Waals surface area contributed by atoms with Crippen LogP contribution in [0.3, 0.4) is 0 Å². The summed E-state index contributed by atoms with van der Waals surface area (Å²) in [5, 5.41) is 7.23. The minimum Gasteiger partial charge on any atom is -0.360 e. The largest absolute Gasteiger partial charge is 0.360 e. The van der Waals surface area contributed by atoms with Crippen molar-refractivity contribution in [1.82, 2.24) is 20.3 Å². The smallest absolute Gasteiger partial charge is 0.259 e. The zero-order valence-corrected chi connectivity index (χ0v) is 16.7.